The van der Waals surface area contributed by atoms with Crippen molar-refractivity contribution in [2.75, 3.05) is 26.2 Å². The quantitative estimate of drug-likeness (QED) is 0.410. The maximum absolute atomic E-state index is 9.55. The van der Waals surface area contributed by atoms with Gasteiger partial charge in [-0.3, -0.25) is 0 Å². The molecule has 1 unspecified atom stereocenters. The van der Waals surface area contributed by atoms with E-state index in [4.69, 9.17) is 11.6 Å². The van der Waals surface area contributed by atoms with Crippen LogP contribution in [0, 0.1) is 11.8 Å². The van der Waals surface area contributed by atoms with Gasteiger partial charge >= 0.3 is 0 Å². The summed E-state index contributed by atoms with van der Waals surface area (Å²) in [6.07, 6.45) is 1.50. The predicted octanol–water partition coefficient (Wildman–Crippen LogP) is 5.97. The molecule has 0 saturated carbocycles. The minimum Gasteiger partial charge on any atom is -0.395 e. The van der Waals surface area contributed by atoms with Gasteiger partial charge in [0, 0.05) is 37.0 Å². The molecule has 0 aromatic heterocycles. The first-order chi connectivity index (χ1) is 19.1. The number of aliphatic hydroxyl groups excluding tert-OH is 1. The van der Waals surface area contributed by atoms with Crippen molar-refractivity contribution in [2.24, 2.45) is 0 Å². The highest BCUT2D eigenvalue weighted by atomic mass is 16.5. The third-order valence-electron chi connectivity index (χ3n) is 6.59. The number of piperidine rings is 1. The summed E-state index contributed by atoms with van der Waals surface area (Å²) < 4.78 is 47.7. The number of hydrogen-bond acceptors (Lipinski definition) is 3. The molecule has 1 N–H and O–H groups in total. The molecule has 1 fully saturated rings. The number of benzene rings is 3. The van der Waals surface area contributed by atoms with Gasteiger partial charge in [-0.05, 0) is 41.7 Å². The standard InChI is InChI=1S/C32H37NO2/c1-32(2,25-34)29-18-16-26(17-19-29)11-9-10-22-33-23-20-30(21-24-33)35-31(27-12-5-3-6-13-27)28-14-7-4-8-15-28/h3-8,12-19,30-31,34H,10,20-25H2,1-2H3/i3D,5D,6D,12D,13D. The van der Waals surface area contributed by atoms with E-state index >= 15 is 0 Å². The van der Waals surface area contributed by atoms with E-state index in [2.05, 4.69) is 16.7 Å². The monoisotopic (exact) mass is 472 g/mol. The minimum absolute atomic E-state index is 0.0907. The summed E-state index contributed by atoms with van der Waals surface area (Å²) in [6.45, 7) is 6.68. The van der Waals surface area contributed by atoms with Crippen LogP contribution in [0.25, 0.3) is 0 Å². The van der Waals surface area contributed by atoms with Gasteiger partial charge in [0.25, 0.3) is 0 Å². The fourth-order valence-electron chi connectivity index (χ4n) is 4.27. The lowest BCUT2D eigenvalue weighted by molar-refractivity contribution is -0.0266. The van der Waals surface area contributed by atoms with Gasteiger partial charge in [0.2, 0.25) is 0 Å². The summed E-state index contributed by atoms with van der Waals surface area (Å²) in [7, 11) is 0. The van der Waals surface area contributed by atoms with E-state index in [9.17, 15) is 5.11 Å². The first-order valence-corrected chi connectivity index (χ1v) is 12.3. The Balaban J connectivity index is 1.37. The molecule has 1 saturated heterocycles. The van der Waals surface area contributed by atoms with E-state index in [-0.39, 0.29) is 47.9 Å². The van der Waals surface area contributed by atoms with Crippen LogP contribution >= 0.6 is 0 Å². The SMILES string of the molecule is [2H]c1c([2H])c([2H])c(C(OC2CCN(CCC#Cc3ccc(C(C)(C)CO)cc3)CC2)c2ccccc2)c([2H])c1[2H]. The molecule has 35 heavy (non-hydrogen) atoms. The van der Waals surface area contributed by atoms with Crippen molar-refractivity contribution >= 4 is 0 Å². The Morgan fingerprint density at radius 1 is 1.00 bits per heavy atom. The smallest absolute Gasteiger partial charge is 0.108 e. The van der Waals surface area contributed by atoms with Crippen molar-refractivity contribution in [3.05, 3.63) is 107 Å². The van der Waals surface area contributed by atoms with Crippen LogP contribution in [-0.2, 0) is 10.2 Å². The second-order valence-corrected chi connectivity index (χ2v) is 9.68. The normalized spacial score (nSPS) is 17.9. The Morgan fingerprint density at radius 2 is 1.69 bits per heavy atom. The van der Waals surface area contributed by atoms with Gasteiger partial charge in [0.15, 0.2) is 0 Å². The summed E-state index contributed by atoms with van der Waals surface area (Å²) in [4.78, 5) is 2.36. The van der Waals surface area contributed by atoms with E-state index in [1.807, 2.05) is 68.4 Å². The van der Waals surface area contributed by atoms with Gasteiger partial charge < -0.3 is 14.7 Å². The van der Waals surface area contributed by atoms with Crippen LogP contribution < -0.4 is 0 Å². The van der Waals surface area contributed by atoms with Gasteiger partial charge in [-0.15, -0.1) is 0 Å². The van der Waals surface area contributed by atoms with Crippen LogP contribution in [-0.4, -0.2) is 42.4 Å². The van der Waals surface area contributed by atoms with Crippen molar-refractivity contribution in [3.63, 3.8) is 0 Å². The van der Waals surface area contributed by atoms with Crippen molar-refractivity contribution in [3.8, 4) is 11.8 Å². The van der Waals surface area contributed by atoms with Crippen LogP contribution in [0.2, 0.25) is 0 Å². The van der Waals surface area contributed by atoms with Crippen LogP contribution in [0.5, 0.6) is 0 Å². The van der Waals surface area contributed by atoms with Crippen LogP contribution in [0.1, 0.15) is 68.3 Å². The lowest BCUT2D eigenvalue weighted by Crippen LogP contribution is -2.38. The zero-order valence-electron chi connectivity index (χ0n) is 25.6. The summed E-state index contributed by atoms with van der Waals surface area (Å²) >= 11 is 0. The molecule has 0 bridgehead atoms. The van der Waals surface area contributed by atoms with Crippen molar-refractivity contribution in [1.29, 1.82) is 0 Å². The average Bonchev–Trinajstić information content (AvgIpc) is 2.98. The van der Waals surface area contributed by atoms with Gasteiger partial charge in [-0.25, -0.2) is 0 Å². The molecule has 4 rings (SSSR count). The highest BCUT2D eigenvalue weighted by Crippen LogP contribution is 2.30. The molecule has 182 valence electrons. The molecule has 0 spiro atoms. The fourth-order valence-corrected chi connectivity index (χ4v) is 4.27. The second-order valence-electron chi connectivity index (χ2n) is 9.68. The predicted molar refractivity (Wildman–Crippen MR) is 143 cm³/mol. The molecule has 3 aromatic rings. The number of likely N-dealkylation sites (tertiary alicyclic amines) is 1. The van der Waals surface area contributed by atoms with Crippen LogP contribution in [0.4, 0.5) is 0 Å². The summed E-state index contributed by atoms with van der Waals surface area (Å²) in [5.41, 5.74) is 2.74. The Hall–Kier alpha value is -2.90. The second kappa shape index (κ2) is 12.2. The number of aliphatic hydroxyl groups is 1. The van der Waals surface area contributed by atoms with Crippen LogP contribution in [0.15, 0.2) is 84.8 Å². The zero-order chi connectivity index (χ0) is 28.9. The number of ether oxygens (including phenoxy) is 1. The lowest BCUT2D eigenvalue weighted by atomic mass is 9.85. The molecule has 0 amide bonds. The summed E-state index contributed by atoms with van der Waals surface area (Å²) in [5.74, 6) is 6.50. The fraction of sp³-hybridized carbons (Fsp3) is 0.375. The molecule has 0 aliphatic carbocycles. The number of rotatable bonds is 8. The van der Waals surface area contributed by atoms with E-state index in [0.29, 0.717) is 0 Å². The maximum Gasteiger partial charge on any atom is 0.108 e. The highest BCUT2D eigenvalue weighted by Gasteiger charge is 2.24. The molecule has 1 aliphatic heterocycles. The van der Waals surface area contributed by atoms with Gasteiger partial charge in [-0.1, -0.05) is 98.4 Å². The Kier molecular flexibility index (Phi) is 6.72. The highest BCUT2D eigenvalue weighted by molar-refractivity contribution is 5.38. The molecule has 1 heterocycles. The first kappa shape index (κ1) is 19.3. The number of hydrogen-bond donors (Lipinski definition) is 1. The van der Waals surface area contributed by atoms with Gasteiger partial charge in [-0.2, -0.15) is 0 Å². The van der Waals surface area contributed by atoms with Crippen molar-refractivity contribution in [1.82, 2.24) is 4.90 Å². The largest absolute Gasteiger partial charge is 0.395 e. The molecule has 3 aromatic carbocycles. The topological polar surface area (TPSA) is 32.7 Å². The van der Waals surface area contributed by atoms with E-state index in [1.54, 1.807) is 0 Å². The lowest BCUT2D eigenvalue weighted by Gasteiger charge is -2.34. The van der Waals surface area contributed by atoms with Crippen molar-refractivity contribution in [2.45, 2.75) is 50.7 Å². The summed E-state index contributed by atoms with van der Waals surface area (Å²) in [6, 6.07) is 15.9. The summed E-state index contributed by atoms with van der Waals surface area (Å²) in [5, 5.41) is 9.55. The third-order valence-corrected chi connectivity index (χ3v) is 6.59. The zero-order valence-corrected chi connectivity index (χ0v) is 20.6. The Bertz CT molecular complexity index is 1330. The molecule has 1 atom stereocenters. The van der Waals surface area contributed by atoms with Crippen molar-refractivity contribution < 1.29 is 16.7 Å². The van der Waals surface area contributed by atoms with Gasteiger partial charge in [0.1, 0.15) is 6.10 Å². The first-order valence-electron chi connectivity index (χ1n) is 14.8. The average molecular weight is 473 g/mol. The molecular formula is C32H37NO2. The van der Waals surface area contributed by atoms with E-state index in [0.717, 1.165) is 55.6 Å². The molecule has 3 heteroatoms. The maximum atomic E-state index is 9.55. The Morgan fingerprint density at radius 3 is 2.34 bits per heavy atom. The number of nitrogens with zero attached hydrogens (tertiary/aromatic N) is 1. The molecular weight excluding hydrogens is 430 g/mol. The minimum atomic E-state index is -0.744. The molecule has 0 radical (unpaired) electrons. The van der Waals surface area contributed by atoms with E-state index in [1.165, 1.54) is 0 Å². The van der Waals surface area contributed by atoms with Gasteiger partial charge in [0.05, 0.1) is 19.6 Å². The molecule has 3 nitrogen and oxygen atoms in total. The van der Waals surface area contributed by atoms with Crippen LogP contribution in [0.3, 0.4) is 0 Å². The Labute approximate surface area is 217 Å². The third kappa shape index (κ3) is 7.05. The van der Waals surface area contributed by atoms with E-state index < -0.39 is 12.1 Å². The molecule has 1 aliphatic rings.